The predicted octanol–water partition coefficient (Wildman–Crippen LogP) is 5.21. The van der Waals surface area contributed by atoms with E-state index in [1.807, 2.05) is 17.5 Å². The lowest BCUT2D eigenvalue weighted by atomic mass is 10.1. The van der Waals surface area contributed by atoms with Crippen molar-refractivity contribution in [3.63, 3.8) is 0 Å². The van der Waals surface area contributed by atoms with E-state index in [2.05, 4.69) is 22.8 Å². The van der Waals surface area contributed by atoms with Gasteiger partial charge < -0.3 is 14.8 Å². The number of rotatable bonds is 9. The number of thiophene rings is 1. The van der Waals surface area contributed by atoms with Crippen molar-refractivity contribution in [2.45, 2.75) is 39.5 Å². The number of carbonyl (C=O) groups is 1. The van der Waals surface area contributed by atoms with Gasteiger partial charge in [0.05, 0.1) is 11.4 Å². The molecule has 206 valence electrons. The highest BCUT2D eigenvalue weighted by Gasteiger charge is 2.21. The van der Waals surface area contributed by atoms with E-state index in [0.717, 1.165) is 84.1 Å². The van der Waals surface area contributed by atoms with E-state index < -0.39 is 11.5 Å². The standard InChI is InChI=1S/C30H34FN3O4S/c1-3-4-5-20(2)30(37)38-34-26-16-21(6-7-23(26)27(35)19-29(34)36)8-10-32-11-13-33(14-12-32)25-17-22(31)18-28-24(25)9-15-39-28/h6-7,9,15-20,35H,3-5,8,10-14H2,1-2H3. The highest BCUT2D eigenvalue weighted by Crippen LogP contribution is 2.32. The quantitative estimate of drug-likeness (QED) is 0.308. The molecule has 2 aromatic carbocycles. The van der Waals surface area contributed by atoms with E-state index in [1.165, 1.54) is 0 Å². The maximum atomic E-state index is 14.2. The molecule has 0 amide bonds. The minimum Gasteiger partial charge on any atom is -0.507 e. The van der Waals surface area contributed by atoms with Crippen LogP contribution in [0.25, 0.3) is 21.0 Å². The van der Waals surface area contributed by atoms with Gasteiger partial charge in [-0.3, -0.25) is 9.69 Å². The molecule has 0 bridgehead atoms. The average molecular weight is 552 g/mol. The van der Waals surface area contributed by atoms with Crippen LogP contribution in [0.15, 0.2) is 52.6 Å². The van der Waals surface area contributed by atoms with Crippen LogP contribution in [0.4, 0.5) is 10.1 Å². The summed E-state index contributed by atoms with van der Waals surface area (Å²) in [4.78, 5) is 35.5. The smallest absolute Gasteiger partial charge is 0.335 e. The summed E-state index contributed by atoms with van der Waals surface area (Å²) in [6, 6.07) is 11.9. The van der Waals surface area contributed by atoms with Gasteiger partial charge in [0.25, 0.3) is 5.56 Å². The normalized spacial score (nSPS) is 15.2. The van der Waals surface area contributed by atoms with Crippen LogP contribution in [-0.4, -0.2) is 53.4 Å². The largest absolute Gasteiger partial charge is 0.507 e. The van der Waals surface area contributed by atoms with E-state index in [4.69, 9.17) is 4.84 Å². The Balaban J connectivity index is 1.26. The van der Waals surface area contributed by atoms with Gasteiger partial charge in [-0.25, -0.2) is 9.18 Å². The van der Waals surface area contributed by atoms with Crippen molar-refractivity contribution in [3.05, 3.63) is 69.6 Å². The molecule has 39 heavy (non-hydrogen) atoms. The number of piperazine rings is 1. The highest BCUT2D eigenvalue weighted by molar-refractivity contribution is 7.17. The van der Waals surface area contributed by atoms with Crippen LogP contribution in [0.1, 0.15) is 38.7 Å². The number of aromatic nitrogens is 1. The first kappa shape index (κ1) is 27.1. The molecule has 1 aliphatic rings. The Morgan fingerprint density at radius 2 is 1.90 bits per heavy atom. The molecular formula is C30H34FN3O4S. The molecule has 1 unspecified atom stereocenters. The SMILES string of the molecule is CCCCC(C)C(=O)On1c(=O)cc(O)c2ccc(CCN3CCN(c4cc(F)cc5sccc45)CC3)cc21. The molecule has 7 nitrogen and oxygen atoms in total. The lowest BCUT2D eigenvalue weighted by Crippen LogP contribution is -2.47. The lowest BCUT2D eigenvalue weighted by Gasteiger charge is -2.36. The zero-order chi connectivity index (χ0) is 27.5. The van der Waals surface area contributed by atoms with Gasteiger partial charge in [-0.15, -0.1) is 16.1 Å². The summed E-state index contributed by atoms with van der Waals surface area (Å²) in [5.41, 5.74) is 1.73. The molecule has 1 N–H and O–H groups in total. The second-order valence-corrected chi connectivity index (χ2v) is 11.3. The summed E-state index contributed by atoms with van der Waals surface area (Å²) in [6.07, 6.45) is 3.30. The van der Waals surface area contributed by atoms with Crippen LogP contribution in [0.3, 0.4) is 0 Å². The second-order valence-electron chi connectivity index (χ2n) is 10.3. The van der Waals surface area contributed by atoms with E-state index in [-0.39, 0.29) is 17.5 Å². The fourth-order valence-corrected chi connectivity index (χ4v) is 6.00. The van der Waals surface area contributed by atoms with Crippen molar-refractivity contribution in [2.24, 2.45) is 5.92 Å². The van der Waals surface area contributed by atoms with Gasteiger partial charge >= 0.3 is 5.97 Å². The molecule has 0 radical (unpaired) electrons. The van der Waals surface area contributed by atoms with Crippen molar-refractivity contribution < 1.29 is 19.1 Å². The molecular weight excluding hydrogens is 517 g/mol. The van der Waals surface area contributed by atoms with Gasteiger partial charge in [-0.1, -0.05) is 32.8 Å². The molecule has 1 saturated heterocycles. The van der Waals surface area contributed by atoms with Crippen LogP contribution in [0, 0.1) is 11.7 Å². The molecule has 4 aromatic rings. The highest BCUT2D eigenvalue weighted by atomic mass is 32.1. The predicted molar refractivity (Wildman–Crippen MR) is 154 cm³/mol. The lowest BCUT2D eigenvalue weighted by molar-refractivity contribution is -0.148. The molecule has 1 atom stereocenters. The summed E-state index contributed by atoms with van der Waals surface area (Å²) >= 11 is 1.56. The molecule has 0 spiro atoms. The van der Waals surface area contributed by atoms with Gasteiger partial charge in [0.15, 0.2) is 0 Å². The van der Waals surface area contributed by atoms with Crippen LogP contribution in [-0.2, 0) is 11.2 Å². The third-order valence-corrected chi connectivity index (χ3v) is 8.40. The van der Waals surface area contributed by atoms with Crippen molar-refractivity contribution in [3.8, 4) is 5.75 Å². The van der Waals surface area contributed by atoms with Gasteiger partial charge in [-0.05, 0) is 54.1 Å². The zero-order valence-electron chi connectivity index (χ0n) is 22.4. The summed E-state index contributed by atoms with van der Waals surface area (Å²) in [5.74, 6) is -1.13. The average Bonchev–Trinajstić information content (AvgIpc) is 3.41. The van der Waals surface area contributed by atoms with Crippen molar-refractivity contribution in [2.75, 3.05) is 37.6 Å². The molecule has 2 aromatic heterocycles. The Bertz CT molecular complexity index is 1540. The Kier molecular flexibility index (Phi) is 8.18. The van der Waals surface area contributed by atoms with Crippen molar-refractivity contribution in [1.29, 1.82) is 0 Å². The molecule has 1 aliphatic heterocycles. The number of halogens is 1. The topological polar surface area (TPSA) is 75.0 Å². The number of fused-ring (bicyclic) bond motifs is 2. The minimum atomic E-state index is -0.582. The van der Waals surface area contributed by atoms with Gasteiger partial charge in [0.2, 0.25) is 0 Å². The van der Waals surface area contributed by atoms with Crippen molar-refractivity contribution >= 4 is 44.0 Å². The van der Waals surface area contributed by atoms with E-state index in [1.54, 1.807) is 36.5 Å². The minimum absolute atomic E-state index is 0.138. The number of hydrogen-bond acceptors (Lipinski definition) is 7. The molecule has 9 heteroatoms. The van der Waals surface area contributed by atoms with Gasteiger partial charge in [-0.2, -0.15) is 0 Å². The number of aromatic hydroxyl groups is 1. The molecule has 0 saturated carbocycles. The number of carbonyl (C=O) groups excluding carboxylic acids is 1. The first-order valence-electron chi connectivity index (χ1n) is 13.6. The summed E-state index contributed by atoms with van der Waals surface area (Å²) in [6.45, 7) is 8.01. The monoisotopic (exact) mass is 551 g/mol. The first-order chi connectivity index (χ1) is 18.8. The fourth-order valence-electron chi connectivity index (χ4n) is 5.17. The van der Waals surface area contributed by atoms with E-state index >= 15 is 0 Å². The van der Waals surface area contributed by atoms with Gasteiger partial charge in [0, 0.05) is 59.9 Å². The zero-order valence-corrected chi connectivity index (χ0v) is 23.2. The number of hydrogen-bond donors (Lipinski definition) is 1. The maximum absolute atomic E-state index is 14.2. The molecule has 1 fully saturated rings. The molecule has 5 rings (SSSR count). The molecule has 3 heterocycles. The van der Waals surface area contributed by atoms with Crippen LogP contribution < -0.4 is 15.3 Å². The van der Waals surface area contributed by atoms with Gasteiger partial charge in [0.1, 0.15) is 11.6 Å². The van der Waals surface area contributed by atoms with Crippen LogP contribution in [0.2, 0.25) is 0 Å². The van der Waals surface area contributed by atoms with Crippen molar-refractivity contribution in [1.82, 2.24) is 9.63 Å². The number of benzene rings is 2. The third kappa shape index (κ3) is 5.94. The maximum Gasteiger partial charge on any atom is 0.335 e. The first-order valence-corrected chi connectivity index (χ1v) is 14.5. The van der Waals surface area contributed by atoms with Crippen LogP contribution in [0.5, 0.6) is 5.75 Å². The number of nitrogens with zero attached hydrogens (tertiary/aromatic N) is 3. The third-order valence-electron chi connectivity index (χ3n) is 7.54. The summed E-state index contributed by atoms with van der Waals surface area (Å²) in [5, 5.41) is 13.9. The Morgan fingerprint density at radius 1 is 1.10 bits per heavy atom. The van der Waals surface area contributed by atoms with E-state index in [0.29, 0.717) is 17.3 Å². The fraction of sp³-hybridized carbons (Fsp3) is 0.400. The summed E-state index contributed by atoms with van der Waals surface area (Å²) in [7, 11) is 0. The van der Waals surface area contributed by atoms with Crippen LogP contribution >= 0.6 is 11.3 Å². The second kappa shape index (κ2) is 11.8. The molecule has 0 aliphatic carbocycles. The Labute approximate surface area is 231 Å². The van der Waals surface area contributed by atoms with E-state index in [9.17, 15) is 19.1 Å². The Morgan fingerprint density at radius 3 is 2.67 bits per heavy atom. The number of pyridine rings is 1. The summed E-state index contributed by atoms with van der Waals surface area (Å²) < 4.78 is 16.1. The number of unbranched alkanes of at least 4 members (excludes halogenated alkanes) is 1. The Hall–Kier alpha value is -3.43. The number of anilines is 1.